The molecular weight excluding hydrogens is 402 g/mol. The molecule has 33 heavy (non-hydrogen) atoms. The van der Waals surface area contributed by atoms with E-state index in [2.05, 4.69) is 30.9 Å². The standard InChI is InChI=1S/C31H47NO/c1-3-5-7-9-11-13-20-26-32(27-21-14-12-10-8-6-4-2)30-25-19-18-24-29(30)31(33)28-22-16-15-17-23-28/h15-19,22-25H,3-14,20-21,26-27H2,1-2H3. The second kappa shape index (κ2) is 17.4. The molecule has 0 bridgehead atoms. The number of rotatable bonds is 19. The topological polar surface area (TPSA) is 20.3 Å². The third-order valence-electron chi connectivity index (χ3n) is 6.59. The van der Waals surface area contributed by atoms with Gasteiger partial charge in [-0.05, 0) is 25.0 Å². The summed E-state index contributed by atoms with van der Waals surface area (Å²) in [5.41, 5.74) is 2.73. The quantitative estimate of drug-likeness (QED) is 0.157. The Balaban J connectivity index is 2.00. The summed E-state index contributed by atoms with van der Waals surface area (Å²) in [5.74, 6) is 0.135. The van der Waals surface area contributed by atoms with E-state index >= 15 is 0 Å². The van der Waals surface area contributed by atoms with Crippen LogP contribution in [0, 0.1) is 0 Å². The minimum atomic E-state index is 0.135. The van der Waals surface area contributed by atoms with E-state index in [0.717, 1.165) is 29.9 Å². The van der Waals surface area contributed by atoms with E-state index in [9.17, 15) is 4.79 Å². The van der Waals surface area contributed by atoms with E-state index in [4.69, 9.17) is 0 Å². The Kier molecular flexibility index (Phi) is 14.3. The Hall–Kier alpha value is -2.09. The van der Waals surface area contributed by atoms with Crippen molar-refractivity contribution in [3.05, 3.63) is 65.7 Å². The average Bonchev–Trinajstić information content (AvgIpc) is 2.86. The van der Waals surface area contributed by atoms with Gasteiger partial charge in [0.2, 0.25) is 0 Å². The van der Waals surface area contributed by atoms with Gasteiger partial charge in [-0.2, -0.15) is 0 Å². The predicted molar refractivity (Wildman–Crippen MR) is 145 cm³/mol. The second-order valence-electron chi connectivity index (χ2n) is 9.44. The molecule has 2 heteroatoms. The van der Waals surface area contributed by atoms with Crippen molar-refractivity contribution in [3.63, 3.8) is 0 Å². The smallest absolute Gasteiger partial charge is 0.195 e. The van der Waals surface area contributed by atoms with E-state index in [1.54, 1.807) is 0 Å². The van der Waals surface area contributed by atoms with E-state index in [-0.39, 0.29) is 5.78 Å². The fourth-order valence-corrected chi connectivity index (χ4v) is 4.56. The Morgan fingerprint density at radius 1 is 0.576 bits per heavy atom. The molecule has 0 amide bonds. The van der Waals surface area contributed by atoms with E-state index in [0.29, 0.717) is 0 Å². The largest absolute Gasteiger partial charge is 0.371 e. The van der Waals surface area contributed by atoms with Gasteiger partial charge in [-0.25, -0.2) is 0 Å². The first-order chi connectivity index (χ1) is 16.3. The third-order valence-corrected chi connectivity index (χ3v) is 6.59. The molecule has 0 N–H and O–H groups in total. The van der Waals surface area contributed by atoms with Crippen LogP contribution in [0.1, 0.15) is 120 Å². The number of para-hydroxylation sites is 1. The summed E-state index contributed by atoms with van der Waals surface area (Å²) in [5, 5.41) is 0. The number of carbonyl (C=O) groups is 1. The van der Waals surface area contributed by atoms with Crippen LogP contribution in [0.25, 0.3) is 0 Å². The van der Waals surface area contributed by atoms with E-state index < -0.39 is 0 Å². The molecule has 2 nitrogen and oxygen atoms in total. The molecule has 0 radical (unpaired) electrons. The lowest BCUT2D eigenvalue weighted by atomic mass is 10.0. The molecule has 182 valence electrons. The van der Waals surface area contributed by atoms with Crippen molar-refractivity contribution in [2.75, 3.05) is 18.0 Å². The first-order valence-electron chi connectivity index (χ1n) is 13.7. The van der Waals surface area contributed by atoms with Crippen LogP contribution in [0.4, 0.5) is 5.69 Å². The molecule has 0 aliphatic carbocycles. The van der Waals surface area contributed by atoms with Crippen LogP contribution < -0.4 is 4.90 Å². The summed E-state index contributed by atoms with van der Waals surface area (Å²) in [6.07, 6.45) is 18.4. The first-order valence-corrected chi connectivity index (χ1v) is 13.7. The highest BCUT2D eigenvalue weighted by Gasteiger charge is 2.17. The Morgan fingerprint density at radius 3 is 1.58 bits per heavy atom. The molecule has 0 aliphatic rings. The van der Waals surface area contributed by atoms with Crippen molar-refractivity contribution in [1.29, 1.82) is 0 Å². The van der Waals surface area contributed by atoms with Gasteiger partial charge in [0.25, 0.3) is 0 Å². The number of nitrogens with zero attached hydrogens (tertiary/aromatic N) is 1. The maximum absolute atomic E-state index is 13.3. The fraction of sp³-hybridized carbons (Fsp3) is 0.581. The summed E-state index contributed by atoms with van der Waals surface area (Å²) >= 11 is 0. The Bertz CT molecular complexity index is 737. The highest BCUT2D eigenvalue weighted by atomic mass is 16.1. The van der Waals surface area contributed by atoms with Gasteiger partial charge < -0.3 is 4.90 Å². The molecule has 2 aromatic rings. The van der Waals surface area contributed by atoms with Crippen molar-refractivity contribution >= 4 is 11.5 Å². The van der Waals surface area contributed by atoms with Crippen molar-refractivity contribution in [2.45, 2.75) is 104 Å². The maximum Gasteiger partial charge on any atom is 0.195 e. The van der Waals surface area contributed by atoms with Crippen LogP contribution in [0.5, 0.6) is 0 Å². The molecule has 0 aromatic heterocycles. The van der Waals surface area contributed by atoms with Gasteiger partial charge in [-0.15, -0.1) is 0 Å². The van der Waals surface area contributed by atoms with Gasteiger partial charge >= 0.3 is 0 Å². The third kappa shape index (κ3) is 10.6. The van der Waals surface area contributed by atoms with E-state index in [1.165, 1.54) is 89.9 Å². The molecule has 0 spiro atoms. The van der Waals surface area contributed by atoms with Crippen LogP contribution in [0.3, 0.4) is 0 Å². The molecule has 2 rings (SSSR count). The summed E-state index contributed by atoms with van der Waals surface area (Å²) in [6, 6.07) is 18.0. The minimum absolute atomic E-state index is 0.135. The molecule has 0 heterocycles. The normalized spacial score (nSPS) is 11.0. The van der Waals surface area contributed by atoms with Gasteiger partial charge in [0.15, 0.2) is 5.78 Å². The number of ketones is 1. The second-order valence-corrected chi connectivity index (χ2v) is 9.44. The number of hydrogen-bond acceptors (Lipinski definition) is 2. The molecule has 0 unspecified atom stereocenters. The number of anilines is 1. The highest BCUT2D eigenvalue weighted by molar-refractivity contribution is 6.12. The molecule has 0 atom stereocenters. The summed E-state index contributed by atoms with van der Waals surface area (Å²) in [7, 11) is 0. The molecular formula is C31H47NO. The first kappa shape index (κ1) is 27.2. The zero-order chi connectivity index (χ0) is 23.6. The summed E-state index contributed by atoms with van der Waals surface area (Å²) in [4.78, 5) is 15.8. The monoisotopic (exact) mass is 449 g/mol. The van der Waals surface area contributed by atoms with Crippen molar-refractivity contribution < 1.29 is 4.79 Å². The predicted octanol–water partition coefficient (Wildman–Crippen LogP) is 9.23. The van der Waals surface area contributed by atoms with E-state index in [1.807, 2.05) is 42.5 Å². The highest BCUT2D eigenvalue weighted by Crippen LogP contribution is 2.25. The van der Waals surface area contributed by atoms with Crippen LogP contribution in [0.2, 0.25) is 0 Å². The summed E-state index contributed by atoms with van der Waals surface area (Å²) < 4.78 is 0. The van der Waals surface area contributed by atoms with Gasteiger partial charge in [-0.3, -0.25) is 4.79 Å². The SMILES string of the molecule is CCCCCCCCCN(CCCCCCCCC)c1ccccc1C(=O)c1ccccc1. The van der Waals surface area contributed by atoms with Crippen molar-refractivity contribution in [2.24, 2.45) is 0 Å². The summed E-state index contributed by atoms with van der Waals surface area (Å²) in [6.45, 7) is 6.64. The molecule has 0 fully saturated rings. The molecule has 0 saturated carbocycles. The van der Waals surface area contributed by atoms with Gasteiger partial charge in [0.05, 0.1) is 0 Å². The Morgan fingerprint density at radius 2 is 1.03 bits per heavy atom. The number of carbonyl (C=O) groups excluding carboxylic acids is 1. The van der Waals surface area contributed by atoms with Gasteiger partial charge in [0, 0.05) is 29.9 Å². The number of unbranched alkanes of at least 4 members (excludes halogenated alkanes) is 12. The lowest BCUT2D eigenvalue weighted by Crippen LogP contribution is -2.27. The van der Waals surface area contributed by atoms with Gasteiger partial charge in [0.1, 0.15) is 0 Å². The molecule has 0 aliphatic heterocycles. The Labute approximate surface area is 203 Å². The molecule has 0 saturated heterocycles. The lowest BCUT2D eigenvalue weighted by Gasteiger charge is -2.27. The maximum atomic E-state index is 13.3. The lowest BCUT2D eigenvalue weighted by molar-refractivity contribution is 0.103. The average molecular weight is 450 g/mol. The minimum Gasteiger partial charge on any atom is -0.371 e. The van der Waals surface area contributed by atoms with Crippen molar-refractivity contribution in [1.82, 2.24) is 0 Å². The number of benzene rings is 2. The zero-order valence-electron chi connectivity index (χ0n) is 21.4. The van der Waals surface area contributed by atoms with Gasteiger partial charge in [-0.1, -0.05) is 133 Å². The van der Waals surface area contributed by atoms with Crippen LogP contribution >= 0.6 is 0 Å². The van der Waals surface area contributed by atoms with Crippen molar-refractivity contribution in [3.8, 4) is 0 Å². The van der Waals surface area contributed by atoms with Crippen LogP contribution in [-0.2, 0) is 0 Å². The van der Waals surface area contributed by atoms with Crippen LogP contribution in [-0.4, -0.2) is 18.9 Å². The number of hydrogen-bond donors (Lipinski definition) is 0. The fourth-order valence-electron chi connectivity index (χ4n) is 4.56. The molecule has 2 aromatic carbocycles. The zero-order valence-corrected chi connectivity index (χ0v) is 21.4. The van der Waals surface area contributed by atoms with Crippen LogP contribution in [0.15, 0.2) is 54.6 Å².